The molecular weight excluding hydrogens is 291 g/mol. The molecular formula is C18H25BO4. The van der Waals surface area contributed by atoms with Crippen LogP contribution in [0.2, 0.25) is 0 Å². The van der Waals surface area contributed by atoms with Crippen LogP contribution in [0.1, 0.15) is 68.8 Å². The Kier molecular flexibility index (Phi) is 4.05. The molecule has 0 N–H and O–H groups in total. The fraction of sp³-hybridized carbons (Fsp3) is 0.611. The van der Waals surface area contributed by atoms with Crippen LogP contribution in [0.25, 0.3) is 0 Å². The van der Waals surface area contributed by atoms with Gasteiger partial charge in [0, 0.05) is 0 Å². The van der Waals surface area contributed by atoms with E-state index in [1.807, 2.05) is 26.0 Å². The van der Waals surface area contributed by atoms with Gasteiger partial charge in [-0.05, 0) is 63.0 Å². The molecule has 0 spiro atoms. The van der Waals surface area contributed by atoms with E-state index < -0.39 is 12.7 Å². The summed E-state index contributed by atoms with van der Waals surface area (Å²) in [5.41, 5.74) is 1.70. The highest BCUT2D eigenvalue weighted by atomic mass is 16.7. The van der Waals surface area contributed by atoms with Crippen molar-refractivity contribution in [2.45, 2.75) is 64.1 Å². The zero-order valence-electron chi connectivity index (χ0n) is 14.6. The molecule has 0 aromatic heterocycles. The fourth-order valence-corrected chi connectivity index (χ4v) is 3.17. The van der Waals surface area contributed by atoms with Crippen LogP contribution in [-0.4, -0.2) is 31.4 Å². The van der Waals surface area contributed by atoms with E-state index in [9.17, 15) is 4.79 Å². The monoisotopic (exact) mass is 316 g/mol. The number of rotatable bonds is 4. The Morgan fingerprint density at radius 2 is 2.00 bits per heavy atom. The van der Waals surface area contributed by atoms with E-state index in [0.717, 1.165) is 11.9 Å². The van der Waals surface area contributed by atoms with Crippen LogP contribution < -0.4 is 5.46 Å². The highest BCUT2D eigenvalue weighted by molar-refractivity contribution is 6.63. The number of esters is 1. The van der Waals surface area contributed by atoms with Gasteiger partial charge in [-0.15, -0.1) is 0 Å². The second-order valence-corrected chi connectivity index (χ2v) is 7.27. The van der Waals surface area contributed by atoms with Gasteiger partial charge in [-0.25, -0.2) is 4.79 Å². The van der Waals surface area contributed by atoms with Crippen LogP contribution in [0.4, 0.5) is 0 Å². The zero-order chi connectivity index (χ0) is 16.8. The fourth-order valence-electron chi connectivity index (χ4n) is 3.17. The van der Waals surface area contributed by atoms with E-state index in [1.54, 1.807) is 0 Å². The standard InChI is InChI=1S/C18H25BO4/c1-6-18(4)17(2,3)22-19(23-18)15-10-9-13(12-7-8-12)11-14(15)16(20)21-5/h9-12H,6-8H2,1-5H3. The molecule has 1 saturated heterocycles. The predicted octanol–water partition coefficient (Wildman–Crippen LogP) is 3.04. The third-order valence-electron chi connectivity index (χ3n) is 5.50. The Morgan fingerprint density at radius 3 is 2.52 bits per heavy atom. The normalized spacial score (nSPS) is 26.4. The van der Waals surface area contributed by atoms with Crippen molar-refractivity contribution < 1.29 is 18.8 Å². The Morgan fingerprint density at radius 1 is 1.30 bits per heavy atom. The number of carbonyl (C=O) groups excluding carboxylic acids is 1. The van der Waals surface area contributed by atoms with E-state index in [-0.39, 0.29) is 11.6 Å². The topological polar surface area (TPSA) is 44.8 Å². The number of methoxy groups -OCH3 is 1. The van der Waals surface area contributed by atoms with Gasteiger partial charge < -0.3 is 14.0 Å². The molecule has 124 valence electrons. The van der Waals surface area contributed by atoms with Crippen molar-refractivity contribution in [1.82, 2.24) is 0 Å². The Hall–Kier alpha value is -1.33. The number of hydrogen-bond acceptors (Lipinski definition) is 4. The second-order valence-electron chi connectivity index (χ2n) is 7.27. The molecule has 1 aromatic rings. The summed E-state index contributed by atoms with van der Waals surface area (Å²) in [5.74, 6) is 0.243. The van der Waals surface area contributed by atoms with Crippen LogP contribution in [0.3, 0.4) is 0 Å². The molecule has 2 fully saturated rings. The molecule has 23 heavy (non-hydrogen) atoms. The zero-order valence-corrected chi connectivity index (χ0v) is 14.6. The smallest absolute Gasteiger partial charge is 0.465 e. The Bertz CT molecular complexity index is 623. The summed E-state index contributed by atoms with van der Waals surface area (Å²) in [6, 6.07) is 5.99. The van der Waals surface area contributed by atoms with Crippen LogP contribution >= 0.6 is 0 Å². The first-order chi connectivity index (χ1) is 10.8. The molecule has 5 heteroatoms. The van der Waals surface area contributed by atoms with Crippen molar-refractivity contribution in [3.05, 3.63) is 29.3 Å². The lowest BCUT2D eigenvalue weighted by molar-refractivity contribution is -0.0118. The molecule has 1 unspecified atom stereocenters. The van der Waals surface area contributed by atoms with Crippen molar-refractivity contribution in [3.63, 3.8) is 0 Å². The highest BCUT2D eigenvalue weighted by Crippen LogP contribution is 2.41. The average molecular weight is 316 g/mol. The van der Waals surface area contributed by atoms with Crippen LogP contribution in [0.5, 0.6) is 0 Å². The van der Waals surface area contributed by atoms with Crippen molar-refractivity contribution in [1.29, 1.82) is 0 Å². The van der Waals surface area contributed by atoms with Gasteiger partial charge >= 0.3 is 13.1 Å². The van der Waals surface area contributed by atoms with Crippen molar-refractivity contribution >= 4 is 18.6 Å². The molecule has 1 aliphatic heterocycles. The summed E-state index contributed by atoms with van der Waals surface area (Å²) in [6.45, 7) is 8.22. The van der Waals surface area contributed by atoms with E-state index in [0.29, 0.717) is 11.5 Å². The van der Waals surface area contributed by atoms with Crippen LogP contribution in [0, 0.1) is 0 Å². The summed E-state index contributed by atoms with van der Waals surface area (Å²) < 4.78 is 17.4. The summed E-state index contributed by atoms with van der Waals surface area (Å²) in [4.78, 5) is 12.2. The molecule has 1 saturated carbocycles. The molecule has 1 atom stereocenters. The van der Waals surface area contributed by atoms with Crippen molar-refractivity contribution in [2.24, 2.45) is 0 Å². The molecule has 2 aliphatic rings. The lowest BCUT2D eigenvalue weighted by Crippen LogP contribution is -2.44. The average Bonchev–Trinajstić information content (AvgIpc) is 3.33. The lowest BCUT2D eigenvalue weighted by Gasteiger charge is -2.35. The molecule has 3 rings (SSSR count). The minimum Gasteiger partial charge on any atom is -0.465 e. The van der Waals surface area contributed by atoms with Gasteiger partial charge in [-0.3, -0.25) is 0 Å². The summed E-state index contributed by atoms with van der Waals surface area (Å²) in [7, 11) is 0.865. The maximum atomic E-state index is 12.2. The van der Waals surface area contributed by atoms with Gasteiger partial charge in [0.2, 0.25) is 0 Å². The summed E-state index contributed by atoms with van der Waals surface area (Å²) in [6.07, 6.45) is 3.22. The van der Waals surface area contributed by atoms with E-state index in [1.165, 1.54) is 25.5 Å². The van der Waals surface area contributed by atoms with E-state index >= 15 is 0 Å². The van der Waals surface area contributed by atoms with Crippen molar-refractivity contribution in [2.75, 3.05) is 7.11 Å². The molecule has 1 heterocycles. The van der Waals surface area contributed by atoms with Gasteiger partial charge in [-0.2, -0.15) is 0 Å². The quantitative estimate of drug-likeness (QED) is 0.633. The van der Waals surface area contributed by atoms with E-state index in [2.05, 4.69) is 19.9 Å². The minimum atomic E-state index is -0.544. The number of carbonyl (C=O) groups is 1. The van der Waals surface area contributed by atoms with Gasteiger partial charge in [0.05, 0.1) is 23.9 Å². The third-order valence-corrected chi connectivity index (χ3v) is 5.50. The largest absolute Gasteiger partial charge is 0.495 e. The van der Waals surface area contributed by atoms with Crippen LogP contribution in [0.15, 0.2) is 18.2 Å². The summed E-state index contributed by atoms with van der Waals surface area (Å²) in [5, 5.41) is 0. The lowest BCUT2D eigenvalue weighted by atomic mass is 9.75. The predicted molar refractivity (Wildman–Crippen MR) is 90.1 cm³/mol. The first-order valence-electron chi connectivity index (χ1n) is 8.39. The Balaban J connectivity index is 1.98. The molecule has 0 bridgehead atoms. The van der Waals surface area contributed by atoms with Crippen LogP contribution in [-0.2, 0) is 14.0 Å². The number of benzene rings is 1. The first-order valence-corrected chi connectivity index (χ1v) is 8.39. The van der Waals surface area contributed by atoms with Gasteiger partial charge in [0.1, 0.15) is 0 Å². The van der Waals surface area contributed by atoms with Gasteiger partial charge in [-0.1, -0.05) is 19.1 Å². The molecule has 4 nitrogen and oxygen atoms in total. The first kappa shape index (κ1) is 16.5. The number of ether oxygens (including phenoxy) is 1. The SMILES string of the molecule is CCC1(C)OB(c2ccc(C3CC3)cc2C(=O)OC)OC1(C)C. The third kappa shape index (κ3) is 2.81. The molecule has 0 radical (unpaired) electrons. The minimum absolute atomic E-state index is 0.336. The number of hydrogen-bond donors (Lipinski definition) is 0. The maximum Gasteiger partial charge on any atom is 0.495 e. The summed E-state index contributed by atoms with van der Waals surface area (Å²) >= 11 is 0. The molecule has 0 amide bonds. The van der Waals surface area contributed by atoms with Gasteiger partial charge in [0.15, 0.2) is 0 Å². The Labute approximate surface area is 138 Å². The van der Waals surface area contributed by atoms with Crippen molar-refractivity contribution in [3.8, 4) is 0 Å². The second kappa shape index (κ2) is 5.64. The molecule has 1 aliphatic carbocycles. The molecule has 1 aromatic carbocycles. The maximum absolute atomic E-state index is 12.2. The highest BCUT2D eigenvalue weighted by Gasteiger charge is 2.54. The van der Waals surface area contributed by atoms with E-state index in [4.69, 9.17) is 14.0 Å². The van der Waals surface area contributed by atoms with Gasteiger partial charge in [0.25, 0.3) is 0 Å².